The highest BCUT2D eigenvalue weighted by Crippen LogP contribution is 2.08. The summed E-state index contributed by atoms with van der Waals surface area (Å²) in [4.78, 5) is 17.4. The van der Waals surface area contributed by atoms with Gasteiger partial charge in [-0.25, -0.2) is 4.98 Å². The zero-order valence-electron chi connectivity index (χ0n) is 11.2. The van der Waals surface area contributed by atoms with Crippen molar-refractivity contribution in [1.29, 1.82) is 0 Å². The van der Waals surface area contributed by atoms with E-state index in [0.29, 0.717) is 12.3 Å². The van der Waals surface area contributed by atoms with Crippen molar-refractivity contribution in [1.82, 2.24) is 9.88 Å². The number of hydrogen-bond donors (Lipinski definition) is 0. The third kappa shape index (κ3) is 5.14. The average Bonchev–Trinajstić information content (AvgIpc) is 2.38. The van der Waals surface area contributed by atoms with Crippen molar-refractivity contribution in [2.75, 3.05) is 27.8 Å². The zero-order chi connectivity index (χ0) is 13.4. The van der Waals surface area contributed by atoms with Gasteiger partial charge in [-0.2, -0.15) is 0 Å². The van der Waals surface area contributed by atoms with Gasteiger partial charge < -0.3 is 14.4 Å². The van der Waals surface area contributed by atoms with Gasteiger partial charge in [0.05, 0.1) is 19.9 Å². The van der Waals surface area contributed by atoms with E-state index in [1.54, 1.807) is 7.11 Å². The lowest BCUT2D eigenvalue weighted by Gasteiger charge is -2.15. The molecule has 0 radical (unpaired) electrons. The number of ether oxygens (including phenoxy) is 2. The molecule has 1 aromatic rings. The molecule has 0 aliphatic rings. The summed E-state index contributed by atoms with van der Waals surface area (Å²) in [5, 5.41) is 0. The highest BCUT2D eigenvalue weighted by Gasteiger charge is 2.05. The van der Waals surface area contributed by atoms with Crippen molar-refractivity contribution in [2.24, 2.45) is 0 Å². The molecule has 0 spiro atoms. The highest BCUT2D eigenvalue weighted by atomic mass is 16.5. The summed E-state index contributed by atoms with van der Waals surface area (Å²) in [7, 11) is 5.01. The van der Waals surface area contributed by atoms with Crippen LogP contribution in [0.15, 0.2) is 18.2 Å². The van der Waals surface area contributed by atoms with Crippen LogP contribution in [0.1, 0.15) is 18.5 Å². The molecule has 18 heavy (non-hydrogen) atoms. The van der Waals surface area contributed by atoms with E-state index in [9.17, 15) is 4.79 Å². The zero-order valence-corrected chi connectivity index (χ0v) is 11.2. The van der Waals surface area contributed by atoms with Crippen LogP contribution in [0, 0.1) is 0 Å². The van der Waals surface area contributed by atoms with E-state index in [2.05, 4.69) is 14.6 Å². The molecule has 100 valence electrons. The molecule has 0 amide bonds. The Morgan fingerprint density at radius 1 is 1.39 bits per heavy atom. The van der Waals surface area contributed by atoms with Crippen LogP contribution >= 0.6 is 0 Å². The molecule has 1 heterocycles. The van der Waals surface area contributed by atoms with E-state index in [-0.39, 0.29) is 5.97 Å². The quantitative estimate of drug-likeness (QED) is 0.688. The number of pyridine rings is 1. The third-order valence-corrected chi connectivity index (χ3v) is 2.57. The van der Waals surface area contributed by atoms with Crippen LogP contribution in [0.2, 0.25) is 0 Å². The second-order valence-electron chi connectivity index (χ2n) is 4.09. The molecule has 0 saturated heterocycles. The van der Waals surface area contributed by atoms with Crippen molar-refractivity contribution in [3.8, 4) is 5.88 Å². The SMILES string of the molecule is COC(=O)CCCN(C)Cc1cccc(OC)n1. The first-order valence-corrected chi connectivity index (χ1v) is 5.91. The van der Waals surface area contributed by atoms with E-state index >= 15 is 0 Å². The number of aromatic nitrogens is 1. The van der Waals surface area contributed by atoms with E-state index in [4.69, 9.17) is 4.74 Å². The number of carbonyl (C=O) groups excluding carboxylic acids is 1. The number of carbonyl (C=O) groups is 1. The smallest absolute Gasteiger partial charge is 0.305 e. The highest BCUT2D eigenvalue weighted by molar-refractivity contribution is 5.69. The Bertz CT molecular complexity index is 382. The average molecular weight is 252 g/mol. The molecular formula is C13H20N2O3. The number of esters is 1. The molecule has 5 heteroatoms. The van der Waals surface area contributed by atoms with E-state index in [1.807, 2.05) is 25.2 Å². The topological polar surface area (TPSA) is 51.7 Å². The summed E-state index contributed by atoms with van der Waals surface area (Å²) in [6.07, 6.45) is 1.24. The summed E-state index contributed by atoms with van der Waals surface area (Å²) < 4.78 is 9.67. The minimum absolute atomic E-state index is 0.164. The Balaban J connectivity index is 2.34. The number of hydrogen-bond acceptors (Lipinski definition) is 5. The lowest BCUT2D eigenvalue weighted by atomic mass is 10.3. The van der Waals surface area contributed by atoms with E-state index in [1.165, 1.54) is 7.11 Å². The van der Waals surface area contributed by atoms with Crippen LogP contribution in [0.25, 0.3) is 0 Å². The van der Waals surface area contributed by atoms with Crippen LogP contribution in [-0.2, 0) is 16.1 Å². The lowest BCUT2D eigenvalue weighted by Crippen LogP contribution is -2.20. The maximum absolute atomic E-state index is 11.0. The van der Waals surface area contributed by atoms with Gasteiger partial charge in [0.15, 0.2) is 0 Å². The first-order valence-electron chi connectivity index (χ1n) is 5.91. The molecule has 1 rings (SSSR count). The van der Waals surface area contributed by atoms with Gasteiger partial charge in [0.1, 0.15) is 0 Å². The Labute approximate surface area is 108 Å². The van der Waals surface area contributed by atoms with Crippen LogP contribution < -0.4 is 4.74 Å². The maximum atomic E-state index is 11.0. The standard InChI is InChI=1S/C13H20N2O3/c1-15(9-5-8-13(16)18-3)10-11-6-4-7-12(14-11)17-2/h4,6-7H,5,8-10H2,1-3H3. The molecule has 5 nitrogen and oxygen atoms in total. The summed E-state index contributed by atoms with van der Waals surface area (Å²) >= 11 is 0. The Hall–Kier alpha value is -1.62. The number of methoxy groups -OCH3 is 2. The van der Waals surface area contributed by atoms with Crippen LogP contribution in [0.5, 0.6) is 5.88 Å². The molecular weight excluding hydrogens is 232 g/mol. The molecule has 0 atom stereocenters. The molecule has 0 saturated carbocycles. The van der Waals surface area contributed by atoms with Gasteiger partial charge in [-0.3, -0.25) is 4.79 Å². The van der Waals surface area contributed by atoms with Gasteiger partial charge in [-0.1, -0.05) is 6.07 Å². The largest absolute Gasteiger partial charge is 0.481 e. The Kier molecular flexibility index (Phi) is 6.14. The second-order valence-corrected chi connectivity index (χ2v) is 4.09. The third-order valence-electron chi connectivity index (χ3n) is 2.57. The van der Waals surface area contributed by atoms with Gasteiger partial charge in [-0.15, -0.1) is 0 Å². The number of nitrogens with zero attached hydrogens (tertiary/aromatic N) is 2. The van der Waals surface area contributed by atoms with E-state index < -0.39 is 0 Å². The van der Waals surface area contributed by atoms with Crippen molar-refractivity contribution < 1.29 is 14.3 Å². The van der Waals surface area contributed by atoms with Crippen LogP contribution in [0.3, 0.4) is 0 Å². The first-order chi connectivity index (χ1) is 8.65. The van der Waals surface area contributed by atoms with Gasteiger partial charge in [0, 0.05) is 19.0 Å². The van der Waals surface area contributed by atoms with Gasteiger partial charge >= 0.3 is 5.97 Å². The lowest BCUT2D eigenvalue weighted by molar-refractivity contribution is -0.140. The molecule has 0 unspecified atom stereocenters. The van der Waals surface area contributed by atoms with Crippen LogP contribution in [-0.4, -0.2) is 43.7 Å². The Morgan fingerprint density at radius 3 is 2.83 bits per heavy atom. The first kappa shape index (κ1) is 14.4. The second kappa shape index (κ2) is 7.66. The monoisotopic (exact) mass is 252 g/mol. The minimum Gasteiger partial charge on any atom is -0.481 e. The fourth-order valence-corrected chi connectivity index (χ4v) is 1.61. The molecule has 1 aromatic heterocycles. The molecule has 0 bridgehead atoms. The molecule has 0 N–H and O–H groups in total. The molecule has 0 fully saturated rings. The molecule has 0 aliphatic heterocycles. The van der Waals surface area contributed by atoms with E-state index in [0.717, 1.165) is 25.2 Å². The van der Waals surface area contributed by atoms with Crippen molar-refractivity contribution in [2.45, 2.75) is 19.4 Å². The van der Waals surface area contributed by atoms with Crippen molar-refractivity contribution in [3.05, 3.63) is 23.9 Å². The Morgan fingerprint density at radius 2 is 2.17 bits per heavy atom. The van der Waals surface area contributed by atoms with Crippen LogP contribution in [0.4, 0.5) is 0 Å². The van der Waals surface area contributed by atoms with Gasteiger partial charge in [-0.05, 0) is 26.1 Å². The van der Waals surface area contributed by atoms with Gasteiger partial charge in [0.25, 0.3) is 0 Å². The maximum Gasteiger partial charge on any atom is 0.305 e. The predicted molar refractivity (Wildman–Crippen MR) is 68.4 cm³/mol. The summed E-state index contributed by atoms with van der Waals surface area (Å²) in [6.45, 7) is 1.56. The minimum atomic E-state index is -0.164. The summed E-state index contributed by atoms with van der Waals surface area (Å²) in [5.41, 5.74) is 0.954. The fraction of sp³-hybridized carbons (Fsp3) is 0.538. The van der Waals surface area contributed by atoms with Crippen molar-refractivity contribution >= 4 is 5.97 Å². The fourth-order valence-electron chi connectivity index (χ4n) is 1.61. The summed E-state index contributed by atoms with van der Waals surface area (Å²) in [5.74, 6) is 0.457. The number of rotatable bonds is 7. The van der Waals surface area contributed by atoms with Crippen molar-refractivity contribution in [3.63, 3.8) is 0 Å². The summed E-state index contributed by atoms with van der Waals surface area (Å²) in [6, 6.07) is 5.70. The molecule has 0 aliphatic carbocycles. The predicted octanol–water partition coefficient (Wildman–Crippen LogP) is 1.48. The normalized spacial score (nSPS) is 10.4. The molecule has 0 aromatic carbocycles. The van der Waals surface area contributed by atoms with Gasteiger partial charge in [0.2, 0.25) is 5.88 Å².